The molecule has 0 aromatic carbocycles. The molecule has 0 saturated heterocycles. The SMILES string of the molecule is [2H]c1c(C(=O)OC([2H])([2H])[2H])nc(Br)c(C([2H])([2H])[2H])c1Br. The van der Waals surface area contributed by atoms with E-state index in [-0.39, 0.29) is 14.6 Å². The molecule has 13 heavy (non-hydrogen) atoms. The first-order valence-electron chi connectivity index (χ1n) is 6.44. The third-order valence-corrected chi connectivity index (χ3v) is 2.32. The van der Waals surface area contributed by atoms with Crippen LogP contribution in [0.1, 0.15) is 25.6 Å². The van der Waals surface area contributed by atoms with Gasteiger partial charge in [0.15, 0.2) is 5.69 Å². The van der Waals surface area contributed by atoms with Crippen molar-refractivity contribution in [3.05, 3.63) is 26.4 Å². The molecule has 0 spiro atoms. The van der Waals surface area contributed by atoms with Crippen LogP contribution in [0.15, 0.2) is 15.1 Å². The van der Waals surface area contributed by atoms with E-state index in [9.17, 15) is 4.79 Å². The van der Waals surface area contributed by atoms with E-state index >= 15 is 0 Å². The largest absolute Gasteiger partial charge is 0.464 e. The zero-order valence-electron chi connectivity index (χ0n) is 13.0. The van der Waals surface area contributed by atoms with Crippen molar-refractivity contribution >= 4 is 37.8 Å². The second-order valence-corrected chi connectivity index (χ2v) is 3.50. The fourth-order valence-corrected chi connectivity index (χ4v) is 1.60. The Kier molecular flexibility index (Phi) is 1.42. The molecular formula is C8H7Br2NO2. The van der Waals surface area contributed by atoms with Crippen LogP contribution in [0.3, 0.4) is 0 Å². The summed E-state index contributed by atoms with van der Waals surface area (Å²) in [6, 6.07) is -0.562. The van der Waals surface area contributed by atoms with Crippen molar-refractivity contribution in [3.8, 4) is 0 Å². The van der Waals surface area contributed by atoms with Crippen LogP contribution in [0.2, 0.25) is 0 Å². The molecule has 0 N–H and O–H groups in total. The zero-order valence-corrected chi connectivity index (χ0v) is 9.19. The minimum Gasteiger partial charge on any atom is -0.464 e. The third kappa shape index (κ3) is 2.28. The van der Waals surface area contributed by atoms with E-state index in [2.05, 4.69) is 41.6 Å². The maximum absolute atomic E-state index is 11.6. The van der Waals surface area contributed by atoms with Crippen LogP contribution < -0.4 is 0 Å². The lowest BCUT2D eigenvalue weighted by atomic mass is 10.3. The molecule has 0 aliphatic carbocycles. The van der Waals surface area contributed by atoms with Crippen LogP contribution >= 0.6 is 31.9 Å². The minimum absolute atomic E-state index is 0.183. The Labute approximate surface area is 103 Å². The molecule has 0 bridgehead atoms. The summed E-state index contributed by atoms with van der Waals surface area (Å²) in [4.78, 5) is 15.2. The first-order chi connectivity index (χ1) is 8.84. The van der Waals surface area contributed by atoms with E-state index < -0.39 is 31.6 Å². The number of pyridine rings is 1. The van der Waals surface area contributed by atoms with E-state index in [1.54, 1.807) is 0 Å². The van der Waals surface area contributed by atoms with Crippen LogP contribution in [-0.2, 0) is 4.74 Å². The second-order valence-electron chi connectivity index (χ2n) is 1.95. The van der Waals surface area contributed by atoms with Crippen LogP contribution in [0.4, 0.5) is 0 Å². The number of nitrogens with zero attached hydrogens (tertiary/aromatic N) is 1. The van der Waals surface area contributed by atoms with Crippen molar-refractivity contribution in [1.29, 1.82) is 0 Å². The van der Waals surface area contributed by atoms with Crippen LogP contribution in [0.25, 0.3) is 0 Å². The van der Waals surface area contributed by atoms with Crippen molar-refractivity contribution < 1.29 is 19.1 Å². The zero-order chi connectivity index (χ0) is 15.9. The first-order valence-corrected chi connectivity index (χ1v) is 4.52. The Balaban J connectivity index is 3.37. The molecule has 5 heteroatoms. The third-order valence-electron chi connectivity index (χ3n) is 1.15. The quantitative estimate of drug-likeness (QED) is 0.591. The standard InChI is InChI=1S/C8H7Br2NO2/c1-4-5(9)3-6(8(12)13-2)11-7(4)10/h3H,1-2H3/i1D3,2D3,3D. The number of hydrogen-bond acceptors (Lipinski definition) is 3. The number of aromatic nitrogens is 1. The lowest BCUT2D eigenvalue weighted by Crippen LogP contribution is -2.05. The molecule has 0 unspecified atom stereocenters. The molecule has 0 saturated carbocycles. The van der Waals surface area contributed by atoms with Crippen molar-refractivity contribution in [2.45, 2.75) is 6.85 Å². The molecule has 0 atom stereocenters. The van der Waals surface area contributed by atoms with Gasteiger partial charge in [-0.1, -0.05) is 15.9 Å². The van der Waals surface area contributed by atoms with Crippen LogP contribution in [-0.4, -0.2) is 18.0 Å². The minimum atomic E-state index is -2.98. The van der Waals surface area contributed by atoms with E-state index in [1.807, 2.05) is 0 Å². The average Bonchev–Trinajstić information content (AvgIpc) is 2.18. The fourth-order valence-electron chi connectivity index (χ4n) is 0.584. The Hall–Kier alpha value is -0.420. The van der Waals surface area contributed by atoms with Crippen molar-refractivity contribution in [1.82, 2.24) is 4.98 Å². The van der Waals surface area contributed by atoms with E-state index in [0.717, 1.165) is 0 Å². The molecule has 0 radical (unpaired) electrons. The lowest BCUT2D eigenvalue weighted by Gasteiger charge is -2.03. The van der Waals surface area contributed by atoms with Gasteiger partial charge in [-0.2, -0.15) is 0 Å². The molecule has 70 valence electrons. The predicted molar refractivity (Wildman–Crippen MR) is 55.7 cm³/mol. The number of esters is 1. The molecule has 0 amide bonds. The Bertz CT molecular complexity index is 555. The highest BCUT2D eigenvalue weighted by atomic mass is 79.9. The van der Waals surface area contributed by atoms with Gasteiger partial charge in [0.1, 0.15) is 4.60 Å². The molecule has 0 aliphatic rings. The van der Waals surface area contributed by atoms with Gasteiger partial charge >= 0.3 is 5.97 Å². The maximum Gasteiger partial charge on any atom is 0.356 e. The maximum atomic E-state index is 11.6. The molecule has 1 rings (SSSR count). The summed E-state index contributed by atoms with van der Waals surface area (Å²) in [6.07, 6.45) is 0. The summed E-state index contributed by atoms with van der Waals surface area (Å²) in [5, 5.41) is 0. The van der Waals surface area contributed by atoms with E-state index in [4.69, 9.17) is 9.60 Å². The van der Waals surface area contributed by atoms with E-state index in [1.165, 1.54) is 0 Å². The summed E-state index contributed by atoms with van der Waals surface area (Å²) in [5.41, 5.74) is -0.888. The van der Waals surface area contributed by atoms with Crippen molar-refractivity contribution in [2.75, 3.05) is 7.04 Å². The number of rotatable bonds is 1. The number of carbonyl (C=O) groups excluding carboxylic acids is 1. The van der Waals surface area contributed by atoms with Gasteiger partial charge in [0.05, 0.1) is 12.5 Å². The van der Waals surface area contributed by atoms with Gasteiger partial charge in [-0.15, -0.1) is 0 Å². The summed E-state index contributed by atoms with van der Waals surface area (Å²) in [7, 11) is -2.98. The number of ether oxygens (including phenoxy) is 1. The lowest BCUT2D eigenvalue weighted by molar-refractivity contribution is 0.0593. The van der Waals surface area contributed by atoms with Gasteiger partial charge in [-0.05, 0) is 34.4 Å². The molecule has 0 fully saturated rings. The van der Waals surface area contributed by atoms with Crippen LogP contribution in [0.5, 0.6) is 0 Å². The smallest absolute Gasteiger partial charge is 0.356 e. The van der Waals surface area contributed by atoms with E-state index in [0.29, 0.717) is 0 Å². The van der Waals surface area contributed by atoms with Crippen molar-refractivity contribution in [2.24, 2.45) is 0 Å². The molecule has 1 aromatic rings. The Morgan fingerprint density at radius 1 is 1.77 bits per heavy atom. The van der Waals surface area contributed by atoms with Crippen molar-refractivity contribution in [3.63, 3.8) is 0 Å². The van der Waals surface area contributed by atoms with Gasteiger partial charge in [0.25, 0.3) is 0 Å². The highest BCUT2D eigenvalue weighted by molar-refractivity contribution is 9.11. The molecular weight excluding hydrogens is 302 g/mol. The summed E-state index contributed by atoms with van der Waals surface area (Å²) < 4.78 is 53.8. The van der Waals surface area contributed by atoms with Gasteiger partial charge in [-0.25, -0.2) is 9.78 Å². The molecule has 1 heterocycles. The number of halogens is 2. The fraction of sp³-hybridized carbons (Fsp3) is 0.250. The topological polar surface area (TPSA) is 39.2 Å². The highest BCUT2D eigenvalue weighted by Crippen LogP contribution is 2.23. The van der Waals surface area contributed by atoms with Gasteiger partial charge in [0.2, 0.25) is 0 Å². The highest BCUT2D eigenvalue weighted by Gasteiger charge is 2.11. The average molecular weight is 316 g/mol. The molecule has 3 nitrogen and oxygen atoms in total. The number of methoxy groups -OCH3 is 1. The predicted octanol–water partition coefficient (Wildman–Crippen LogP) is 2.70. The normalized spacial score (nSPS) is 19.7. The summed E-state index contributed by atoms with van der Waals surface area (Å²) in [5.74, 6) is -1.34. The first kappa shape index (κ1) is 4.40. The number of hydrogen-bond donors (Lipinski definition) is 0. The van der Waals surface area contributed by atoms with Gasteiger partial charge in [0, 0.05) is 8.58 Å². The van der Waals surface area contributed by atoms with Gasteiger partial charge in [-0.3, -0.25) is 0 Å². The second kappa shape index (κ2) is 4.19. The number of carbonyl (C=O) groups is 1. The summed E-state index contributed by atoms with van der Waals surface area (Å²) in [6.45, 7) is -2.56. The molecule has 1 aromatic heterocycles. The van der Waals surface area contributed by atoms with Gasteiger partial charge < -0.3 is 4.74 Å². The monoisotopic (exact) mass is 314 g/mol. The molecule has 0 aliphatic heterocycles. The summed E-state index contributed by atoms with van der Waals surface area (Å²) >= 11 is 5.78. The van der Waals surface area contributed by atoms with Crippen LogP contribution in [0, 0.1) is 6.85 Å². The Morgan fingerprint density at radius 3 is 3.15 bits per heavy atom. The Morgan fingerprint density at radius 2 is 2.54 bits per heavy atom.